The van der Waals surface area contributed by atoms with Gasteiger partial charge in [-0.05, 0) is 37.1 Å². The van der Waals surface area contributed by atoms with Crippen LogP contribution in [-0.2, 0) is 22.5 Å². The number of hydrogen-bond acceptors (Lipinski definition) is 4. The maximum absolute atomic E-state index is 12.0. The standard InChI is InChI=1S/C22H25N3O3/c1-28-21(26)16-25-19-13-8-7-12-18(19)24-20(25)14-6-3-9-15-23-22(27)17-10-4-2-5-11-17/h2,4-5,7-8,10-13H,3,6,9,14-16H2,1H3,(H,23,27). The highest BCUT2D eigenvalue weighted by atomic mass is 16.5. The zero-order valence-corrected chi connectivity index (χ0v) is 16.1. The predicted octanol–water partition coefficient (Wildman–Crippen LogP) is 3.35. The van der Waals surface area contributed by atoms with E-state index in [4.69, 9.17) is 4.74 Å². The average molecular weight is 379 g/mol. The number of aromatic nitrogens is 2. The smallest absolute Gasteiger partial charge is 0.325 e. The van der Waals surface area contributed by atoms with Crippen molar-refractivity contribution in [3.63, 3.8) is 0 Å². The van der Waals surface area contributed by atoms with Crippen LogP contribution in [0.2, 0.25) is 0 Å². The lowest BCUT2D eigenvalue weighted by molar-refractivity contribution is -0.141. The Morgan fingerprint density at radius 3 is 2.54 bits per heavy atom. The summed E-state index contributed by atoms with van der Waals surface area (Å²) in [5, 5.41) is 2.94. The first-order valence-electron chi connectivity index (χ1n) is 9.53. The topological polar surface area (TPSA) is 73.2 Å². The molecular weight excluding hydrogens is 354 g/mol. The van der Waals surface area contributed by atoms with Gasteiger partial charge in [-0.15, -0.1) is 0 Å². The molecule has 0 unspecified atom stereocenters. The van der Waals surface area contributed by atoms with Crippen molar-refractivity contribution >= 4 is 22.9 Å². The summed E-state index contributed by atoms with van der Waals surface area (Å²) in [6.45, 7) is 0.811. The van der Waals surface area contributed by atoms with Crippen LogP contribution in [0.25, 0.3) is 11.0 Å². The Bertz CT molecular complexity index is 935. The summed E-state index contributed by atoms with van der Waals surface area (Å²) >= 11 is 0. The molecule has 146 valence electrons. The number of hydrogen-bond donors (Lipinski definition) is 1. The van der Waals surface area contributed by atoms with Crippen LogP contribution < -0.4 is 5.32 Å². The number of para-hydroxylation sites is 2. The third-order valence-corrected chi connectivity index (χ3v) is 4.65. The fourth-order valence-corrected chi connectivity index (χ4v) is 3.16. The maximum Gasteiger partial charge on any atom is 0.325 e. The number of methoxy groups -OCH3 is 1. The number of ether oxygens (including phenoxy) is 1. The zero-order valence-electron chi connectivity index (χ0n) is 16.1. The van der Waals surface area contributed by atoms with E-state index >= 15 is 0 Å². The first-order valence-corrected chi connectivity index (χ1v) is 9.53. The van der Waals surface area contributed by atoms with Gasteiger partial charge in [-0.2, -0.15) is 0 Å². The molecule has 3 rings (SSSR count). The number of rotatable bonds is 9. The summed E-state index contributed by atoms with van der Waals surface area (Å²) in [5.74, 6) is 0.563. The number of imidazole rings is 1. The van der Waals surface area contributed by atoms with E-state index in [1.807, 2.05) is 47.0 Å². The molecule has 1 amide bonds. The van der Waals surface area contributed by atoms with E-state index in [9.17, 15) is 9.59 Å². The van der Waals surface area contributed by atoms with Crippen molar-refractivity contribution in [2.24, 2.45) is 0 Å². The molecule has 2 aromatic carbocycles. The molecule has 0 aliphatic heterocycles. The molecule has 0 radical (unpaired) electrons. The van der Waals surface area contributed by atoms with Crippen molar-refractivity contribution in [3.8, 4) is 0 Å². The van der Waals surface area contributed by atoms with Gasteiger partial charge in [0, 0.05) is 18.5 Å². The third-order valence-electron chi connectivity index (χ3n) is 4.65. The number of carbonyl (C=O) groups is 2. The van der Waals surface area contributed by atoms with Crippen molar-refractivity contribution < 1.29 is 14.3 Å². The van der Waals surface area contributed by atoms with E-state index in [0.29, 0.717) is 12.1 Å². The first kappa shape index (κ1) is 19.6. The number of esters is 1. The van der Waals surface area contributed by atoms with Crippen LogP contribution in [0, 0.1) is 0 Å². The Balaban J connectivity index is 1.49. The predicted molar refractivity (Wildman–Crippen MR) is 108 cm³/mol. The molecule has 1 N–H and O–H groups in total. The van der Waals surface area contributed by atoms with Crippen molar-refractivity contribution in [1.82, 2.24) is 14.9 Å². The van der Waals surface area contributed by atoms with Gasteiger partial charge < -0.3 is 14.6 Å². The average Bonchev–Trinajstić information content (AvgIpc) is 3.08. The largest absolute Gasteiger partial charge is 0.468 e. The molecule has 0 aliphatic carbocycles. The van der Waals surface area contributed by atoms with Crippen LogP contribution >= 0.6 is 0 Å². The molecule has 0 fully saturated rings. The van der Waals surface area contributed by atoms with E-state index < -0.39 is 0 Å². The highest BCUT2D eigenvalue weighted by Gasteiger charge is 2.13. The van der Waals surface area contributed by atoms with Gasteiger partial charge in [-0.25, -0.2) is 4.98 Å². The molecular formula is C22H25N3O3. The number of nitrogens with one attached hydrogen (secondary N) is 1. The van der Waals surface area contributed by atoms with Crippen LogP contribution in [-0.4, -0.2) is 35.1 Å². The number of fused-ring (bicyclic) bond motifs is 1. The quantitative estimate of drug-likeness (QED) is 0.457. The molecule has 0 atom stereocenters. The second-order valence-electron chi connectivity index (χ2n) is 6.61. The third kappa shape index (κ3) is 4.97. The normalized spacial score (nSPS) is 10.8. The number of carbonyl (C=O) groups excluding carboxylic acids is 2. The lowest BCUT2D eigenvalue weighted by Crippen LogP contribution is -2.24. The van der Waals surface area contributed by atoms with E-state index in [0.717, 1.165) is 42.5 Å². The molecule has 1 aromatic heterocycles. The van der Waals surface area contributed by atoms with Gasteiger partial charge in [0.2, 0.25) is 0 Å². The van der Waals surface area contributed by atoms with E-state index in [2.05, 4.69) is 10.3 Å². The highest BCUT2D eigenvalue weighted by Crippen LogP contribution is 2.18. The highest BCUT2D eigenvalue weighted by molar-refractivity contribution is 5.94. The Labute approximate surface area is 164 Å². The van der Waals surface area contributed by atoms with Crippen LogP contribution in [0.4, 0.5) is 0 Å². The maximum atomic E-state index is 12.0. The molecule has 6 nitrogen and oxygen atoms in total. The SMILES string of the molecule is COC(=O)Cn1c(CCCCCNC(=O)c2ccccc2)nc2ccccc21. The van der Waals surface area contributed by atoms with E-state index in [-0.39, 0.29) is 18.4 Å². The Kier molecular flexibility index (Phi) is 6.78. The minimum absolute atomic E-state index is 0.0412. The molecule has 1 heterocycles. The monoisotopic (exact) mass is 379 g/mol. The Morgan fingerprint density at radius 2 is 1.75 bits per heavy atom. The molecule has 28 heavy (non-hydrogen) atoms. The molecule has 0 saturated carbocycles. The lowest BCUT2D eigenvalue weighted by atomic mass is 10.1. The van der Waals surface area contributed by atoms with Gasteiger partial charge in [0.05, 0.1) is 18.1 Å². The summed E-state index contributed by atoms with van der Waals surface area (Å²) in [6.07, 6.45) is 3.58. The van der Waals surface area contributed by atoms with Gasteiger partial charge in [0.15, 0.2) is 0 Å². The van der Waals surface area contributed by atoms with Gasteiger partial charge in [-0.3, -0.25) is 9.59 Å². The summed E-state index contributed by atoms with van der Waals surface area (Å²) < 4.78 is 6.75. The molecule has 0 bridgehead atoms. The van der Waals surface area contributed by atoms with Crippen molar-refractivity contribution in [3.05, 3.63) is 66.0 Å². The molecule has 0 saturated heterocycles. The van der Waals surface area contributed by atoms with Crippen molar-refractivity contribution in [1.29, 1.82) is 0 Å². The number of aryl methyl sites for hydroxylation is 1. The van der Waals surface area contributed by atoms with Crippen LogP contribution in [0.5, 0.6) is 0 Å². The van der Waals surface area contributed by atoms with Gasteiger partial charge in [0.1, 0.15) is 12.4 Å². The van der Waals surface area contributed by atoms with E-state index in [1.54, 1.807) is 12.1 Å². The van der Waals surface area contributed by atoms with E-state index in [1.165, 1.54) is 7.11 Å². The summed E-state index contributed by atoms with van der Waals surface area (Å²) in [4.78, 5) is 28.4. The minimum Gasteiger partial charge on any atom is -0.468 e. The molecule has 0 spiro atoms. The summed E-state index contributed by atoms with van der Waals surface area (Å²) in [7, 11) is 1.39. The van der Waals surface area contributed by atoms with Crippen LogP contribution in [0.15, 0.2) is 54.6 Å². The summed E-state index contributed by atoms with van der Waals surface area (Å²) in [5.41, 5.74) is 2.51. The van der Waals surface area contributed by atoms with Crippen molar-refractivity contribution in [2.75, 3.05) is 13.7 Å². The Morgan fingerprint density at radius 1 is 1.00 bits per heavy atom. The Hall–Kier alpha value is -3.15. The molecule has 3 aromatic rings. The fraction of sp³-hybridized carbons (Fsp3) is 0.318. The second-order valence-corrected chi connectivity index (χ2v) is 6.61. The first-order chi connectivity index (χ1) is 13.7. The molecule has 6 heteroatoms. The minimum atomic E-state index is -0.284. The van der Waals surface area contributed by atoms with Gasteiger partial charge in [-0.1, -0.05) is 36.8 Å². The number of benzene rings is 2. The zero-order chi connectivity index (χ0) is 19.8. The van der Waals surface area contributed by atoms with Crippen molar-refractivity contribution in [2.45, 2.75) is 32.2 Å². The second kappa shape index (κ2) is 9.69. The lowest BCUT2D eigenvalue weighted by Gasteiger charge is -2.08. The number of amides is 1. The van der Waals surface area contributed by atoms with Gasteiger partial charge in [0.25, 0.3) is 5.91 Å². The van der Waals surface area contributed by atoms with Crippen LogP contribution in [0.3, 0.4) is 0 Å². The summed E-state index contributed by atoms with van der Waals surface area (Å²) in [6, 6.07) is 17.0. The fourth-order valence-electron chi connectivity index (χ4n) is 3.16. The van der Waals surface area contributed by atoms with Crippen LogP contribution in [0.1, 0.15) is 35.4 Å². The van der Waals surface area contributed by atoms with Gasteiger partial charge >= 0.3 is 5.97 Å². The number of nitrogens with zero attached hydrogens (tertiary/aromatic N) is 2. The molecule has 0 aliphatic rings. The number of unbranched alkanes of at least 4 members (excludes halogenated alkanes) is 2.